The predicted octanol–water partition coefficient (Wildman–Crippen LogP) is 3.07. The van der Waals surface area contributed by atoms with Crippen LogP contribution in [0.15, 0.2) is 0 Å². The van der Waals surface area contributed by atoms with Crippen LogP contribution >= 0.6 is 0 Å². The van der Waals surface area contributed by atoms with E-state index in [-0.39, 0.29) is 0 Å². The van der Waals surface area contributed by atoms with Gasteiger partial charge in [-0.2, -0.15) is 0 Å². The van der Waals surface area contributed by atoms with Crippen LogP contribution in [-0.2, 0) is 4.74 Å². The van der Waals surface area contributed by atoms with Crippen molar-refractivity contribution in [1.29, 1.82) is 0 Å². The summed E-state index contributed by atoms with van der Waals surface area (Å²) in [6.07, 6.45) is 2.52. The third-order valence-electron chi connectivity index (χ3n) is 3.10. The Labute approximate surface area is 95.8 Å². The summed E-state index contributed by atoms with van der Waals surface area (Å²) in [5, 5.41) is 3.66. The van der Waals surface area contributed by atoms with Crippen molar-refractivity contribution in [2.24, 2.45) is 11.8 Å². The first kappa shape index (κ1) is 14.9. The predicted molar refractivity (Wildman–Crippen MR) is 67.2 cm³/mol. The van der Waals surface area contributed by atoms with Crippen LogP contribution in [0.25, 0.3) is 0 Å². The van der Waals surface area contributed by atoms with E-state index < -0.39 is 0 Å². The first-order valence-electron chi connectivity index (χ1n) is 6.26. The second-order valence-electron chi connectivity index (χ2n) is 5.12. The minimum Gasteiger partial charge on any atom is -0.383 e. The highest BCUT2D eigenvalue weighted by atomic mass is 16.5. The largest absolute Gasteiger partial charge is 0.383 e. The summed E-state index contributed by atoms with van der Waals surface area (Å²) in [5.41, 5.74) is 0. The van der Waals surface area contributed by atoms with Crippen LogP contribution in [0.5, 0.6) is 0 Å². The first-order chi connectivity index (χ1) is 7.01. The van der Waals surface area contributed by atoms with E-state index in [0.29, 0.717) is 18.0 Å². The maximum absolute atomic E-state index is 5.23. The Morgan fingerprint density at radius 2 is 1.73 bits per heavy atom. The second-order valence-corrected chi connectivity index (χ2v) is 5.12. The molecule has 0 spiro atoms. The van der Waals surface area contributed by atoms with Gasteiger partial charge in [0.05, 0.1) is 6.61 Å². The van der Waals surface area contributed by atoms with Gasteiger partial charge in [-0.05, 0) is 25.2 Å². The maximum Gasteiger partial charge on any atom is 0.0618 e. The molecule has 92 valence electrons. The Kier molecular flexibility index (Phi) is 8.07. The average molecular weight is 215 g/mol. The first-order valence-corrected chi connectivity index (χ1v) is 6.26. The lowest BCUT2D eigenvalue weighted by Crippen LogP contribution is -2.43. The summed E-state index contributed by atoms with van der Waals surface area (Å²) in [6, 6.07) is 1.07. The number of nitrogens with one attached hydrogen (secondary N) is 1. The molecule has 0 saturated carbocycles. The van der Waals surface area contributed by atoms with Crippen molar-refractivity contribution in [3.05, 3.63) is 0 Å². The van der Waals surface area contributed by atoms with Gasteiger partial charge in [-0.1, -0.05) is 34.1 Å². The van der Waals surface area contributed by atoms with Crippen LogP contribution in [-0.4, -0.2) is 25.8 Å². The third kappa shape index (κ3) is 6.91. The molecule has 15 heavy (non-hydrogen) atoms. The topological polar surface area (TPSA) is 21.3 Å². The van der Waals surface area contributed by atoms with Gasteiger partial charge in [-0.3, -0.25) is 0 Å². The maximum atomic E-state index is 5.23. The van der Waals surface area contributed by atoms with Crippen LogP contribution in [0.3, 0.4) is 0 Å². The zero-order valence-corrected chi connectivity index (χ0v) is 11.3. The zero-order chi connectivity index (χ0) is 11.8. The lowest BCUT2D eigenvalue weighted by Gasteiger charge is -2.27. The van der Waals surface area contributed by atoms with Crippen molar-refractivity contribution >= 4 is 0 Å². The minimum absolute atomic E-state index is 0.481. The molecule has 0 aromatic rings. The molecule has 2 nitrogen and oxygen atoms in total. The number of ether oxygens (including phenoxy) is 1. The number of rotatable bonds is 8. The van der Waals surface area contributed by atoms with Gasteiger partial charge < -0.3 is 10.1 Å². The van der Waals surface area contributed by atoms with E-state index in [4.69, 9.17) is 4.74 Å². The number of hydrogen-bond donors (Lipinski definition) is 1. The summed E-state index contributed by atoms with van der Waals surface area (Å²) in [4.78, 5) is 0. The van der Waals surface area contributed by atoms with Crippen molar-refractivity contribution in [3.8, 4) is 0 Å². The van der Waals surface area contributed by atoms with Crippen molar-refractivity contribution in [2.45, 2.75) is 59.5 Å². The van der Waals surface area contributed by atoms with E-state index in [1.807, 2.05) is 0 Å². The van der Waals surface area contributed by atoms with Crippen LogP contribution in [0, 0.1) is 11.8 Å². The molecule has 0 amide bonds. The lowest BCUT2D eigenvalue weighted by molar-refractivity contribution is 0.139. The summed E-state index contributed by atoms with van der Waals surface area (Å²) in [7, 11) is 1.77. The van der Waals surface area contributed by atoms with E-state index >= 15 is 0 Å². The molecule has 0 aromatic carbocycles. The molecule has 0 bridgehead atoms. The molecule has 1 N–H and O–H groups in total. The lowest BCUT2D eigenvalue weighted by atomic mass is 9.98. The normalized spacial score (nSPS) is 17.8. The van der Waals surface area contributed by atoms with Gasteiger partial charge in [-0.25, -0.2) is 0 Å². The summed E-state index contributed by atoms with van der Waals surface area (Å²) in [5.74, 6) is 1.44. The molecule has 2 heteroatoms. The molecule has 0 aliphatic carbocycles. The molecule has 0 rings (SSSR count). The molecular weight excluding hydrogens is 186 g/mol. The Bertz CT molecular complexity index is 147. The molecular formula is C13H29NO. The Morgan fingerprint density at radius 3 is 2.13 bits per heavy atom. The van der Waals surface area contributed by atoms with E-state index in [1.54, 1.807) is 7.11 Å². The fraction of sp³-hybridized carbons (Fsp3) is 1.00. The average Bonchev–Trinajstić information content (AvgIpc) is 2.16. The van der Waals surface area contributed by atoms with E-state index in [9.17, 15) is 0 Å². The Hall–Kier alpha value is -0.0800. The van der Waals surface area contributed by atoms with Gasteiger partial charge >= 0.3 is 0 Å². The van der Waals surface area contributed by atoms with E-state index in [1.165, 1.54) is 12.8 Å². The van der Waals surface area contributed by atoms with Crippen LogP contribution in [0.2, 0.25) is 0 Å². The SMILES string of the molecule is CCC(C)CC(C)NC(COC)C(C)C. The van der Waals surface area contributed by atoms with Crippen molar-refractivity contribution < 1.29 is 4.74 Å². The fourth-order valence-electron chi connectivity index (χ4n) is 1.82. The molecule has 0 aliphatic heterocycles. The molecule has 0 aromatic heterocycles. The molecule has 0 aliphatic rings. The van der Waals surface area contributed by atoms with Crippen LogP contribution < -0.4 is 5.32 Å². The van der Waals surface area contributed by atoms with E-state index in [2.05, 4.69) is 39.9 Å². The highest BCUT2D eigenvalue weighted by Gasteiger charge is 2.16. The van der Waals surface area contributed by atoms with E-state index in [0.717, 1.165) is 12.5 Å². The van der Waals surface area contributed by atoms with Gasteiger partial charge in [0.15, 0.2) is 0 Å². The highest BCUT2D eigenvalue weighted by molar-refractivity contribution is 4.75. The quantitative estimate of drug-likeness (QED) is 0.672. The standard InChI is InChI=1S/C13H29NO/c1-7-11(4)8-12(5)14-13(9-15-6)10(2)3/h10-14H,7-9H2,1-6H3. The van der Waals surface area contributed by atoms with Crippen molar-refractivity contribution in [1.82, 2.24) is 5.32 Å². The fourth-order valence-corrected chi connectivity index (χ4v) is 1.82. The molecule has 3 atom stereocenters. The summed E-state index contributed by atoms with van der Waals surface area (Å²) >= 11 is 0. The third-order valence-corrected chi connectivity index (χ3v) is 3.10. The highest BCUT2D eigenvalue weighted by Crippen LogP contribution is 2.11. The van der Waals surface area contributed by atoms with Gasteiger partial charge in [-0.15, -0.1) is 0 Å². The number of methoxy groups -OCH3 is 1. The molecule has 3 unspecified atom stereocenters. The monoisotopic (exact) mass is 215 g/mol. The molecule has 0 heterocycles. The number of hydrogen-bond acceptors (Lipinski definition) is 2. The Balaban J connectivity index is 3.93. The van der Waals surface area contributed by atoms with Crippen LogP contribution in [0.4, 0.5) is 0 Å². The van der Waals surface area contributed by atoms with Crippen molar-refractivity contribution in [2.75, 3.05) is 13.7 Å². The second kappa shape index (κ2) is 8.12. The minimum atomic E-state index is 0.481. The summed E-state index contributed by atoms with van der Waals surface area (Å²) in [6.45, 7) is 12.1. The van der Waals surface area contributed by atoms with Gasteiger partial charge in [0.1, 0.15) is 0 Å². The molecule has 0 fully saturated rings. The van der Waals surface area contributed by atoms with Crippen LogP contribution in [0.1, 0.15) is 47.5 Å². The molecule has 0 saturated heterocycles. The van der Waals surface area contributed by atoms with Gasteiger partial charge in [0.2, 0.25) is 0 Å². The molecule has 0 radical (unpaired) electrons. The summed E-state index contributed by atoms with van der Waals surface area (Å²) < 4.78 is 5.23. The zero-order valence-electron chi connectivity index (χ0n) is 11.3. The van der Waals surface area contributed by atoms with Gasteiger partial charge in [0.25, 0.3) is 0 Å². The van der Waals surface area contributed by atoms with Gasteiger partial charge in [0, 0.05) is 19.2 Å². The Morgan fingerprint density at radius 1 is 1.13 bits per heavy atom. The smallest absolute Gasteiger partial charge is 0.0618 e. The van der Waals surface area contributed by atoms with Crippen molar-refractivity contribution in [3.63, 3.8) is 0 Å².